The highest BCUT2D eigenvalue weighted by molar-refractivity contribution is 6.04. The van der Waals surface area contributed by atoms with E-state index in [-0.39, 0.29) is 11.9 Å². The summed E-state index contributed by atoms with van der Waals surface area (Å²) in [6.45, 7) is 2.00. The highest BCUT2D eigenvalue weighted by Gasteiger charge is 2.30. The van der Waals surface area contributed by atoms with Crippen molar-refractivity contribution in [3.8, 4) is 5.75 Å². The van der Waals surface area contributed by atoms with Crippen LogP contribution in [-0.4, -0.2) is 18.8 Å². The van der Waals surface area contributed by atoms with E-state index in [0.29, 0.717) is 0 Å². The molecule has 120 valence electrons. The predicted octanol–water partition coefficient (Wildman–Crippen LogP) is 2.30. The van der Waals surface area contributed by atoms with Crippen molar-refractivity contribution >= 4 is 11.7 Å². The quantitative estimate of drug-likeness (QED) is 0.516. The zero-order valence-corrected chi connectivity index (χ0v) is 13.2. The minimum absolute atomic E-state index is 0.0559. The third-order valence-electron chi connectivity index (χ3n) is 4.08. The summed E-state index contributed by atoms with van der Waals surface area (Å²) < 4.78 is 11.2. The zero-order chi connectivity index (χ0) is 16.4. The number of methoxy groups -OCH3 is 1. The number of ether oxygens (including phenoxy) is 1. The Labute approximate surface area is 134 Å². The monoisotopic (exact) mass is 312 g/mol. The van der Waals surface area contributed by atoms with Gasteiger partial charge in [0, 0.05) is 17.9 Å². The summed E-state index contributed by atoms with van der Waals surface area (Å²) in [5.74, 6) is 1.93. The van der Waals surface area contributed by atoms with E-state index in [1.807, 2.05) is 25.1 Å². The first-order valence-electron chi connectivity index (χ1n) is 7.46. The Morgan fingerprint density at radius 3 is 2.78 bits per heavy atom. The Morgan fingerprint density at radius 2 is 2.04 bits per heavy atom. The van der Waals surface area contributed by atoms with Crippen LogP contribution in [0.2, 0.25) is 0 Å². The van der Waals surface area contributed by atoms with Gasteiger partial charge in [0.25, 0.3) is 0 Å². The molecule has 0 aliphatic heterocycles. The van der Waals surface area contributed by atoms with Gasteiger partial charge >= 0.3 is 0 Å². The highest BCUT2D eigenvalue weighted by Crippen LogP contribution is 2.38. The number of nitrogens with two attached hydrogens (primary N) is 2. The summed E-state index contributed by atoms with van der Waals surface area (Å²) in [4.78, 5) is 0. The van der Waals surface area contributed by atoms with Gasteiger partial charge < -0.3 is 20.6 Å². The lowest BCUT2D eigenvalue weighted by Gasteiger charge is -2.24. The summed E-state index contributed by atoms with van der Waals surface area (Å²) in [5, 5.41) is 8.07. The number of para-hydroxylation sites is 1. The average Bonchev–Trinajstić information content (AvgIpc) is 2.94. The third kappa shape index (κ3) is 2.92. The number of aryl methyl sites for hydroxylation is 1. The number of fused-ring (bicyclic) bond motifs is 1. The lowest BCUT2D eigenvalue weighted by molar-refractivity contribution is 0.402. The largest absolute Gasteiger partial charge is 0.496 e. The molecule has 3 rings (SSSR count). The Bertz CT molecular complexity index is 773. The Hall–Kier alpha value is -2.76. The molecule has 1 aromatic carbocycles. The lowest BCUT2D eigenvalue weighted by atomic mass is 9.81. The van der Waals surface area contributed by atoms with Crippen LogP contribution in [-0.2, 0) is 6.42 Å². The van der Waals surface area contributed by atoms with E-state index < -0.39 is 0 Å². The van der Waals surface area contributed by atoms with E-state index in [2.05, 4.69) is 16.3 Å². The van der Waals surface area contributed by atoms with Crippen LogP contribution in [0, 0.1) is 6.92 Å². The molecule has 1 aliphatic carbocycles. The lowest BCUT2D eigenvalue weighted by Crippen LogP contribution is -2.23. The molecule has 1 unspecified atom stereocenters. The summed E-state index contributed by atoms with van der Waals surface area (Å²) in [7, 11) is 1.68. The molecule has 1 heterocycles. The summed E-state index contributed by atoms with van der Waals surface area (Å²) in [6.07, 6.45) is 3.27. The molecule has 0 saturated carbocycles. The van der Waals surface area contributed by atoms with Crippen molar-refractivity contribution in [2.75, 3.05) is 7.11 Å². The molecule has 4 N–H and O–H groups in total. The number of nitrogens with zero attached hydrogens (tertiary/aromatic N) is 2. The molecule has 1 aliphatic rings. The van der Waals surface area contributed by atoms with Gasteiger partial charge in [0.1, 0.15) is 11.5 Å². The van der Waals surface area contributed by atoms with E-state index in [1.54, 1.807) is 13.4 Å². The van der Waals surface area contributed by atoms with Gasteiger partial charge in [-0.3, -0.25) is 0 Å². The molecular weight excluding hydrogens is 292 g/mol. The fourth-order valence-corrected chi connectivity index (χ4v) is 3.10. The fourth-order valence-electron chi connectivity index (χ4n) is 3.10. The maximum Gasteiger partial charge on any atom is 0.211 e. The van der Waals surface area contributed by atoms with Crippen LogP contribution in [0.25, 0.3) is 0 Å². The molecule has 6 nitrogen and oxygen atoms in total. The summed E-state index contributed by atoms with van der Waals surface area (Å²) in [6, 6.07) is 8.00. The topological polar surface area (TPSA) is 99.1 Å². The van der Waals surface area contributed by atoms with Crippen LogP contribution in [0.3, 0.4) is 0 Å². The SMILES string of the molecule is COc1ccccc1C1CC(=NN=C(N)N)c2c(C)coc2C1. The second-order valence-corrected chi connectivity index (χ2v) is 5.64. The predicted molar refractivity (Wildman–Crippen MR) is 89.8 cm³/mol. The van der Waals surface area contributed by atoms with Gasteiger partial charge in [0.2, 0.25) is 5.96 Å². The number of benzene rings is 1. The molecular formula is C17H20N4O2. The van der Waals surface area contributed by atoms with Crippen LogP contribution in [0.4, 0.5) is 0 Å². The molecule has 0 saturated heterocycles. The van der Waals surface area contributed by atoms with Crippen LogP contribution in [0.15, 0.2) is 45.1 Å². The van der Waals surface area contributed by atoms with Crippen molar-refractivity contribution in [3.63, 3.8) is 0 Å². The Morgan fingerprint density at radius 1 is 1.26 bits per heavy atom. The molecule has 0 bridgehead atoms. The van der Waals surface area contributed by atoms with Crippen LogP contribution < -0.4 is 16.2 Å². The standard InChI is InChI=1S/C17H20N4O2/c1-10-9-23-15-8-11(12-5-3-4-6-14(12)22-2)7-13(16(10)15)20-21-17(18)19/h3-6,9,11H,7-8H2,1-2H3,(H4,18,19,21). The molecule has 1 atom stereocenters. The van der Waals surface area contributed by atoms with Gasteiger partial charge in [-0.05, 0) is 30.5 Å². The minimum atomic E-state index is -0.0559. The van der Waals surface area contributed by atoms with Gasteiger partial charge in [0.15, 0.2) is 0 Å². The first-order chi connectivity index (χ1) is 11.1. The molecule has 0 radical (unpaired) electrons. The Kier molecular flexibility index (Phi) is 4.06. The van der Waals surface area contributed by atoms with Crippen LogP contribution >= 0.6 is 0 Å². The van der Waals surface area contributed by atoms with Gasteiger partial charge in [0.05, 0.1) is 19.1 Å². The van der Waals surface area contributed by atoms with Crippen molar-refractivity contribution in [2.24, 2.45) is 21.7 Å². The van der Waals surface area contributed by atoms with Crippen molar-refractivity contribution in [2.45, 2.75) is 25.7 Å². The molecule has 0 fully saturated rings. The number of guanidine groups is 1. The van der Waals surface area contributed by atoms with E-state index in [4.69, 9.17) is 20.6 Å². The second-order valence-electron chi connectivity index (χ2n) is 5.64. The van der Waals surface area contributed by atoms with Gasteiger partial charge in [-0.15, -0.1) is 5.10 Å². The van der Waals surface area contributed by atoms with E-state index in [1.165, 1.54) is 0 Å². The van der Waals surface area contributed by atoms with Crippen molar-refractivity contribution in [1.82, 2.24) is 0 Å². The smallest absolute Gasteiger partial charge is 0.211 e. The van der Waals surface area contributed by atoms with Crippen molar-refractivity contribution < 1.29 is 9.15 Å². The minimum Gasteiger partial charge on any atom is -0.496 e. The van der Waals surface area contributed by atoms with Gasteiger partial charge in [-0.1, -0.05) is 18.2 Å². The van der Waals surface area contributed by atoms with Crippen molar-refractivity contribution in [1.29, 1.82) is 0 Å². The normalized spacial score (nSPS) is 18.5. The fraction of sp³-hybridized carbons (Fsp3) is 0.294. The van der Waals surface area contributed by atoms with Crippen molar-refractivity contribution in [3.05, 3.63) is 53.0 Å². The number of furan rings is 1. The average molecular weight is 312 g/mol. The molecule has 1 aromatic heterocycles. The number of rotatable bonds is 3. The molecule has 2 aromatic rings. The highest BCUT2D eigenvalue weighted by atomic mass is 16.5. The van der Waals surface area contributed by atoms with E-state index >= 15 is 0 Å². The maximum absolute atomic E-state index is 5.72. The zero-order valence-electron chi connectivity index (χ0n) is 13.2. The molecule has 23 heavy (non-hydrogen) atoms. The van der Waals surface area contributed by atoms with Crippen LogP contribution in [0.1, 0.15) is 34.8 Å². The summed E-state index contributed by atoms with van der Waals surface area (Å²) in [5.41, 5.74) is 14.8. The van der Waals surface area contributed by atoms with E-state index in [0.717, 1.165) is 46.8 Å². The molecule has 0 spiro atoms. The second kappa shape index (κ2) is 6.16. The van der Waals surface area contributed by atoms with Gasteiger partial charge in [-0.2, -0.15) is 5.10 Å². The summed E-state index contributed by atoms with van der Waals surface area (Å²) >= 11 is 0. The first kappa shape index (κ1) is 15.1. The third-order valence-corrected chi connectivity index (χ3v) is 4.08. The maximum atomic E-state index is 5.72. The molecule has 6 heteroatoms. The number of hydrogen-bond donors (Lipinski definition) is 2. The number of hydrogen-bond acceptors (Lipinski definition) is 4. The molecule has 0 amide bonds. The van der Waals surface area contributed by atoms with E-state index in [9.17, 15) is 0 Å². The Balaban J connectivity index is 2.04. The van der Waals surface area contributed by atoms with Crippen LogP contribution in [0.5, 0.6) is 5.75 Å². The first-order valence-corrected chi connectivity index (χ1v) is 7.46. The van der Waals surface area contributed by atoms with Gasteiger partial charge in [-0.25, -0.2) is 0 Å².